The number of anilines is 2. The van der Waals surface area contributed by atoms with Crippen LogP contribution in [0.2, 0.25) is 0 Å². The van der Waals surface area contributed by atoms with Crippen LogP contribution in [0.25, 0.3) is 0 Å². The molecule has 0 unspecified atom stereocenters. The zero-order chi connectivity index (χ0) is 17.1. The van der Waals surface area contributed by atoms with Crippen molar-refractivity contribution in [2.24, 2.45) is 0 Å². The van der Waals surface area contributed by atoms with Crippen LogP contribution in [0.3, 0.4) is 0 Å². The van der Waals surface area contributed by atoms with Gasteiger partial charge in [-0.05, 0) is 19.2 Å². The van der Waals surface area contributed by atoms with Gasteiger partial charge in [-0.2, -0.15) is 0 Å². The fourth-order valence-corrected chi connectivity index (χ4v) is 2.42. The summed E-state index contributed by atoms with van der Waals surface area (Å²) in [5.74, 6) is -1.60. The van der Waals surface area contributed by atoms with Gasteiger partial charge in [-0.3, -0.25) is 4.79 Å². The van der Waals surface area contributed by atoms with E-state index >= 15 is 0 Å². The minimum absolute atomic E-state index is 0.0222. The Morgan fingerprint density at radius 2 is 1.67 bits per heavy atom. The number of halogens is 2. The molecule has 126 valence electrons. The predicted molar refractivity (Wildman–Crippen MR) is 85.1 cm³/mol. The average molecular weight is 333 g/mol. The maximum Gasteiger partial charge on any atom is 0.257 e. The van der Waals surface area contributed by atoms with Gasteiger partial charge in [0.05, 0.1) is 5.56 Å². The Balaban J connectivity index is 1.70. The molecule has 1 aromatic heterocycles. The number of likely N-dealkylation sites (N-methyl/N-ethyl adjacent to an activating group) is 1. The van der Waals surface area contributed by atoms with Crippen molar-refractivity contribution in [1.29, 1.82) is 0 Å². The zero-order valence-corrected chi connectivity index (χ0v) is 13.2. The summed E-state index contributed by atoms with van der Waals surface area (Å²) in [6.07, 6.45) is 2.71. The van der Waals surface area contributed by atoms with Crippen molar-refractivity contribution < 1.29 is 13.6 Å². The Bertz CT molecular complexity index is 709. The van der Waals surface area contributed by atoms with E-state index in [1.54, 1.807) is 4.90 Å². The van der Waals surface area contributed by atoms with Crippen LogP contribution in [0.15, 0.2) is 30.6 Å². The van der Waals surface area contributed by atoms with Crippen LogP contribution in [0.4, 0.5) is 20.4 Å². The SMILES string of the molecule is CN1CCN(C(=O)c2cnc(Nc3c(F)cccc3F)nc2)CC1. The summed E-state index contributed by atoms with van der Waals surface area (Å²) in [5, 5.41) is 2.49. The Hall–Kier alpha value is -2.61. The first-order chi connectivity index (χ1) is 11.5. The Kier molecular flexibility index (Phi) is 4.66. The van der Waals surface area contributed by atoms with Crippen LogP contribution in [-0.4, -0.2) is 58.9 Å². The quantitative estimate of drug-likeness (QED) is 0.929. The van der Waals surface area contributed by atoms with E-state index in [1.807, 2.05) is 7.05 Å². The van der Waals surface area contributed by atoms with Crippen molar-refractivity contribution in [1.82, 2.24) is 19.8 Å². The number of nitrogens with one attached hydrogen (secondary N) is 1. The van der Waals surface area contributed by atoms with E-state index in [2.05, 4.69) is 20.2 Å². The van der Waals surface area contributed by atoms with Crippen molar-refractivity contribution in [2.75, 3.05) is 38.5 Å². The molecule has 8 heteroatoms. The number of rotatable bonds is 3. The molecule has 0 saturated carbocycles. The number of carbonyl (C=O) groups excluding carboxylic acids is 1. The molecule has 1 N–H and O–H groups in total. The molecule has 3 rings (SSSR count). The van der Waals surface area contributed by atoms with E-state index in [1.165, 1.54) is 18.5 Å². The van der Waals surface area contributed by atoms with Crippen LogP contribution in [0, 0.1) is 11.6 Å². The van der Waals surface area contributed by atoms with Crippen LogP contribution < -0.4 is 5.32 Å². The molecule has 2 aromatic rings. The number of amides is 1. The molecule has 24 heavy (non-hydrogen) atoms. The van der Waals surface area contributed by atoms with Crippen molar-refractivity contribution in [3.8, 4) is 0 Å². The summed E-state index contributed by atoms with van der Waals surface area (Å²) in [4.78, 5) is 24.2. The van der Waals surface area contributed by atoms with Gasteiger partial charge in [0.2, 0.25) is 5.95 Å². The largest absolute Gasteiger partial charge is 0.336 e. The molecule has 1 aliphatic rings. The van der Waals surface area contributed by atoms with Crippen LogP contribution in [-0.2, 0) is 0 Å². The first kappa shape index (κ1) is 16.3. The summed E-state index contributed by atoms with van der Waals surface area (Å²) < 4.78 is 27.2. The van der Waals surface area contributed by atoms with E-state index in [4.69, 9.17) is 0 Å². The van der Waals surface area contributed by atoms with Gasteiger partial charge in [0.15, 0.2) is 0 Å². The van der Waals surface area contributed by atoms with Gasteiger partial charge in [-0.25, -0.2) is 18.7 Å². The zero-order valence-electron chi connectivity index (χ0n) is 13.2. The first-order valence-corrected chi connectivity index (χ1v) is 7.55. The second-order valence-corrected chi connectivity index (χ2v) is 5.61. The van der Waals surface area contributed by atoms with Crippen molar-refractivity contribution in [3.05, 3.63) is 47.8 Å². The first-order valence-electron chi connectivity index (χ1n) is 7.55. The second-order valence-electron chi connectivity index (χ2n) is 5.61. The Morgan fingerprint density at radius 1 is 1.08 bits per heavy atom. The van der Waals surface area contributed by atoms with Crippen LogP contribution in [0.5, 0.6) is 0 Å². The highest BCUT2D eigenvalue weighted by molar-refractivity contribution is 5.93. The van der Waals surface area contributed by atoms with E-state index < -0.39 is 11.6 Å². The summed E-state index contributed by atoms with van der Waals surface area (Å²) in [6, 6.07) is 3.54. The van der Waals surface area contributed by atoms with Gasteiger partial charge < -0.3 is 15.1 Å². The number of nitrogens with zero attached hydrogens (tertiary/aromatic N) is 4. The molecule has 0 atom stereocenters. The summed E-state index contributed by atoms with van der Waals surface area (Å²) in [6.45, 7) is 2.93. The van der Waals surface area contributed by atoms with Gasteiger partial charge >= 0.3 is 0 Å². The van der Waals surface area contributed by atoms with Gasteiger partial charge in [0.1, 0.15) is 17.3 Å². The van der Waals surface area contributed by atoms with Crippen molar-refractivity contribution in [3.63, 3.8) is 0 Å². The summed E-state index contributed by atoms with van der Waals surface area (Å²) in [5.41, 5.74) is 0.0229. The number of benzene rings is 1. The fraction of sp³-hybridized carbons (Fsp3) is 0.312. The minimum Gasteiger partial charge on any atom is -0.336 e. The highest BCUT2D eigenvalue weighted by atomic mass is 19.1. The average Bonchev–Trinajstić information content (AvgIpc) is 2.59. The molecule has 1 amide bonds. The molecular weight excluding hydrogens is 316 g/mol. The lowest BCUT2D eigenvalue weighted by Gasteiger charge is -2.32. The van der Waals surface area contributed by atoms with Gasteiger partial charge in [0, 0.05) is 38.6 Å². The van der Waals surface area contributed by atoms with Gasteiger partial charge in [-0.1, -0.05) is 6.07 Å². The number of piperazine rings is 1. The maximum absolute atomic E-state index is 13.6. The third kappa shape index (κ3) is 3.48. The Morgan fingerprint density at radius 3 is 2.25 bits per heavy atom. The smallest absolute Gasteiger partial charge is 0.257 e. The fourth-order valence-electron chi connectivity index (χ4n) is 2.42. The number of hydrogen-bond acceptors (Lipinski definition) is 5. The topological polar surface area (TPSA) is 61.4 Å². The molecule has 2 heterocycles. The standard InChI is InChI=1S/C16H17F2N5O/c1-22-5-7-23(8-6-22)15(24)11-9-19-16(20-10-11)21-14-12(17)3-2-4-13(14)18/h2-4,9-10H,5-8H2,1H3,(H,19,20,21). The monoisotopic (exact) mass is 333 g/mol. The molecule has 0 bridgehead atoms. The molecule has 1 fully saturated rings. The minimum atomic E-state index is -0.740. The maximum atomic E-state index is 13.6. The lowest BCUT2D eigenvalue weighted by Crippen LogP contribution is -2.47. The molecule has 0 aliphatic carbocycles. The molecule has 6 nitrogen and oxygen atoms in total. The van der Waals surface area contributed by atoms with Crippen molar-refractivity contribution >= 4 is 17.5 Å². The lowest BCUT2D eigenvalue weighted by molar-refractivity contribution is 0.0663. The normalized spacial score (nSPS) is 15.4. The molecule has 1 aromatic carbocycles. The van der Waals surface area contributed by atoms with E-state index in [0.717, 1.165) is 25.2 Å². The number of aromatic nitrogens is 2. The van der Waals surface area contributed by atoms with Crippen LogP contribution in [0.1, 0.15) is 10.4 Å². The van der Waals surface area contributed by atoms with Crippen molar-refractivity contribution in [2.45, 2.75) is 0 Å². The predicted octanol–water partition coefficient (Wildman–Crippen LogP) is 1.89. The number of carbonyl (C=O) groups is 1. The third-order valence-corrected chi connectivity index (χ3v) is 3.89. The number of hydrogen-bond donors (Lipinski definition) is 1. The number of para-hydroxylation sites is 1. The molecule has 0 radical (unpaired) electrons. The highest BCUT2D eigenvalue weighted by Gasteiger charge is 2.21. The summed E-state index contributed by atoms with van der Waals surface area (Å²) in [7, 11) is 2.01. The summed E-state index contributed by atoms with van der Waals surface area (Å²) >= 11 is 0. The molecule has 1 aliphatic heterocycles. The molecule has 0 spiro atoms. The van der Waals surface area contributed by atoms with Crippen LogP contribution >= 0.6 is 0 Å². The van der Waals surface area contributed by atoms with E-state index in [0.29, 0.717) is 18.7 Å². The third-order valence-electron chi connectivity index (χ3n) is 3.89. The second kappa shape index (κ2) is 6.88. The molecular formula is C16H17F2N5O. The van der Waals surface area contributed by atoms with E-state index in [-0.39, 0.29) is 17.5 Å². The van der Waals surface area contributed by atoms with E-state index in [9.17, 15) is 13.6 Å². The Labute approximate surface area is 138 Å². The molecule has 1 saturated heterocycles. The highest BCUT2D eigenvalue weighted by Crippen LogP contribution is 2.21. The lowest BCUT2D eigenvalue weighted by atomic mass is 10.2. The van der Waals surface area contributed by atoms with Gasteiger partial charge in [-0.15, -0.1) is 0 Å². The van der Waals surface area contributed by atoms with Gasteiger partial charge in [0.25, 0.3) is 5.91 Å².